The third kappa shape index (κ3) is 3.68. The molecule has 29 heavy (non-hydrogen) atoms. The molecule has 1 atom stereocenters. The zero-order chi connectivity index (χ0) is 19.8. The number of nitrogens with zero attached hydrogens (tertiary/aromatic N) is 3. The van der Waals surface area contributed by atoms with Gasteiger partial charge in [0.05, 0.1) is 11.6 Å². The highest BCUT2D eigenvalue weighted by atomic mass is 35.5. The summed E-state index contributed by atoms with van der Waals surface area (Å²) in [6, 6.07) is 11.4. The van der Waals surface area contributed by atoms with Crippen LogP contribution in [0.4, 0.5) is 5.13 Å². The Balaban J connectivity index is 0.00000240. The molecule has 1 unspecified atom stereocenters. The Labute approximate surface area is 180 Å². The molecule has 1 amide bonds. The molecule has 3 heterocycles. The maximum atomic E-state index is 13.1. The third-order valence-corrected chi connectivity index (χ3v) is 6.21. The van der Waals surface area contributed by atoms with Crippen LogP contribution in [0.25, 0.3) is 0 Å². The van der Waals surface area contributed by atoms with Gasteiger partial charge in [-0.25, -0.2) is 0 Å². The van der Waals surface area contributed by atoms with Gasteiger partial charge in [0, 0.05) is 0 Å². The van der Waals surface area contributed by atoms with Gasteiger partial charge in [0.25, 0.3) is 5.91 Å². The van der Waals surface area contributed by atoms with E-state index in [1.165, 1.54) is 34.1 Å². The zero-order valence-corrected chi connectivity index (χ0v) is 17.8. The number of aromatic nitrogens is 2. The first kappa shape index (κ1) is 21.1. The van der Waals surface area contributed by atoms with Gasteiger partial charge in [0.2, 0.25) is 10.9 Å². The van der Waals surface area contributed by atoms with E-state index in [9.17, 15) is 14.7 Å². The lowest BCUT2D eigenvalue weighted by molar-refractivity contribution is -0.117. The van der Waals surface area contributed by atoms with Crippen molar-refractivity contribution in [2.45, 2.75) is 17.3 Å². The van der Waals surface area contributed by atoms with E-state index < -0.39 is 23.5 Å². The van der Waals surface area contributed by atoms with Crippen molar-refractivity contribution in [2.24, 2.45) is 0 Å². The smallest absolute Gasteiger partial charge is 0.296 e. The lowest BCUT2D eigenvalue weighted by atomic mass is 9.95. The Morgan fingerprint density at radius 1 is 1.21 bits per heavy atom. The number of rotatable bonds is 5. The highest BCUT2D eigenvalue weighted by Gasteiger charge is 2.46. The van der Waals surface area contributed by atoms with Crippen LogP contribution in [0.15, 0.2) is 62.6 Å². The normalized spacial score (nSPS) is 16.3. The Hall–Kier alpha value is -2.62. The van der Waals surface area contributed by atoms with Gasteiger partial charge in [-0.1, -0.05) is 53.4 Å². The molecule has 0 saturated carbocycles. The van der Waals surface area contributed by atoms with Crippen molar-refractivity contribution >= 4 is 52.3 Å². The quantitative estimate of drug-likeness (QED) is 0.351. The van der Waals surface area contributed by atoms with Gasteiger partial charge in [-0.2, -0.15) is 0 Å². The molecule has 1 N–H and O–H groups in total. The van der Waals surface area contributed by atoms with E-state index in [2.05, 4.69) is 10.2 Å². The van der Waals surface area contributed by atoms with Crippen LogP contribution < -0.4 is 4.90 Å². The van der Waals surface area contributed by atoms with Crippen LogP contribution in [-0.4, -0.2) is 33.3 Å². The molecule has 0 saturated heterocycles. The summed E-state index contributed by atoms with van der Waals surface area (Å²) in [4.78, 5) is 27.3. The van der Waals surface area contributed by atoms with E-state index in [1.54, 1.807) is 37.3 Å². The van der Waals surface area contributed by atoms with Gasteiger partial charge in [-0.15, -0.1) is 22.6 Å². The van der Waals surface area contributed by atoms with Crippen molar-refractivity contribution in [2.75, 3.05) is 11.2 Å². The molecular formula is C19H16ClN3O4S2. The molecular weight excluding hydrogens is 434 g/mol. The number of carbonyl (C=O) groups is 2. The van der Waals surface area contributed by atoms with Gasteiger partial charge < -0.3 is 9.52 Å². The number of aryl methyl sites for hydroxylation is 1. The minimum Gasteiger partial charge on any atom is -0.503 e. The molecule has 3 aromatic rings. The van der Waals surface area contributed by atoms with Crippen molar-refractivity contribution in [1.29, 1.82) is 0 Å². The number of anilines is 1. The first-order valence-corrected chi connectivity index (χ1v) is 10.4. The molecule has 1 aromatic carbocycles. The zero-order valence-electron chi connectivity index (χ0n) is 15.4. The monoisotopic (exact) mass is 449 g/mol. The Kier molecular flexibility index (Phi) is 6.11. The van der Waals surface area contributed by atoms with Gasteiger partial charge in [-0.3, -0.25) is 14.5 Å². The van der Waals surface area contributed by atoms with Crippen LogP contribution in [0.5, 0.6) is 0 Å². The summed E-state index contributed by atoms with van der Waals surface area (Å²) in [6.45, 7) is 1.72. The van der Waals surface area contributed by atoms with Crippen molar-refractivity contribution < 1.29 is 19.1 Å². The van der Waals surface area contributed by atoms with Crippen LogP contribution in [0.1, 0.15) is 27.9 Å². The number of hydrogen-bond donors (Lipinski definition) is 1. The summed E-state index contributed by atoms with van der Waals surface area (Å²) in [5, 5.41) is 19.0. The second-order valence-corrected chi connectivity index (χ2v) is 8.05. The molecule has 0 aliphatic carbocycles. The summed E-state index contributed by atoms with van der Waals surface area (Å²) >= 11 is 2.62. The fourth-order valence-electron chi connectivity index (χ4n) is 3.06. The lowest BCUT2D eigenvalue weighted by Gasteiger charge is -2.23. The Morgan fingerprint density at radius 2 is 1.93 bits per heavy atom. The van der Waals surface area contributed by atoms with E-state index in [1.807, 2.05) is 12.3 Å². The highest BCUT2D eigenvalue weighted by Crippen LogP contribution is 2.43. The van der Waals surface area contributed by atoms with Crippen molar-refractivity contribution in [3.05, 3.63) is 70.9 Å². The molecule has 2 aromatic heterocycles. The fourth-order valence-corrected chi connectivity index (χ4v) is 4.34. The van der Waals surface area contributed by atoms with E-state index in [0.717, 1.165) is 0 Å². The predicted octanol–water partition coefficient (Wildman–Crippen LogP) is 4.37. The van der Waals surface area contributed by atoms with Crippen molar-refractivity contribution in [3.63, 3.8) is 0 Å². The molecule has 0 spiro atoms. The maximum Gasteiger partial charge on any atom is 0.296 e. The second-order valence-electron chi connectivity index (χ2n) is 6.04. The molecule has 10 heteroatoms. The van der Waals surface area contributed by atoms with E-state index in [-0.39, 0.29) is 23.7 Å². The number of amides is 1. The van der Waals surface area contributed by atoms with Crippen LogP contribution in [0.3, 0.4) is 0 Å². The van der Waals surface area contributed by atoms with Gasteiger partial charge >= 0.3 is 0 Å². The molecule has 7 nitrogen and oxygen atoms in total. The molecule has 4 rings (SSSR count). The van der Waals surface area contributed by atoms with Crippen LogP contribution in [0, 0.1) is 6.92 Å². The highest BCUT2D eigenvalue weighted by molar-refractivity contribution is 8.00. The number of thioether (sulfide) groups is 1. The van der Waals surface area contributed by atoms with Gasteiger partial charge in [-0.05, 0) is 30.9 Å². The van der Waals surface area contributed by atoms with Crippen molar-refractivity contribution in [1.82, 2.24) is 10.2 Å². The van der Waals surface area contributed by atoms with Crippen molar-refractivity contribution in [3.8, 4) is 0 Å². The average Bonchev–Trinajstić information content (AvgIpc) is 3.41. The SMILES string of the molecule is CSc1nnc(N2C(=O)C(O)=C(C(=O)c3ccc(C)o3)C2c2ccccc2)s1.Cl. The molecule has 0 radical (unpaired) electrons. The molecule has 0 fully saturated rings. The number of benzene rings is 1. The fraction of sp³-hybridized carbons (Fsp3) is 0.158. The first-order chi connectivity index (χ1) is 13.5. The summed E-state index contributed by atoms with van der Waals surface area (Å²) in [6.07, 6.45) is 1.86. The minimum absolute atomic E-state index is 0. The maximum absolute atomic E-state index is 13.1. The number of furan rings is 1. The Bertz CT molecular complexity index is 1090. The number of hydrogen-bond acceptors (Lipinski definition) is 8. The van der Waals surface area contributed by atoms with Crippen LogP contribution >= 0.6 is 35.5 Å². The predicted molar refractivity (Wildman–Crippen MR) is 113 cm³/mol. The summed E-state index contributed by atoms with van der Waals surface area (Å²) in [7, 11) is 0. The standard InChI is InChI=1S/C19H15N3O4S2.ClH/c1-10-8-9-12(26-10)15(23)13-14(11-6-4-3-5-7-11)22(17(25)16(13)24)18-20-21-19(27-2)28-18;/h3-9,14,24H,1-2H3;1H. The number of ketones is 1. The molecule has 0 bridgehead atoms. The molecule has 1 aliphatic rings. The van der Waals surface area contributed by atoms with E-state index >= 15 is 0 Å². The largest absolute Gasteiger partial charge is 0.503 e. The summed E-state index contributed by atoms with van der Waals surface area (Å²) in [5.74, 6) is -1.20. The summed E-state index contributed by atoms with van der Waals surface area (Å²) < 4.78 is 6.11. The second kappa shape index (κ2) is 8.40. The first-order valence-electron chi connectivity index (χ1n) is 8.31. The Morgan fingerprint density at radius 3 is 2.52 bits per heavy atom. The minimum atomic E-state index is -0.825. The van der Waals surface area contributed by atoms with Crippen LogP contribution in [-0.2, 0) is 4.79 Å². The molecule has 1 aliphatic heterocycles. The molecule has 150 valence electrons. The third-order valence-electron chi connectivity index (χ3n) is 4.31. The van der Waals surface area contributed by atoms with Crippen LogP contribution in [0.2, 0.25) is 0 Å². The topological polar surface area (TPSA) is 96.5 Å². The van der Waals surface area contributed by atoms with Gasteiger partial charge in [0.1, 0.15) is 5.76 Å². The number of aliphatic hydroxyl groups is 1. The average molecular weight is 450 g/mol. The lowest BCUT2D eigenvalue weighted by Crippen LogP contribution is -2.31. The number of carbonyl (C=O) groups excluding carboxylic acids is 2. The number of Topliss-reactive ketones (excluding diaryl/α,β-unsaturated/α-hetero) is 1. The van der Waals surface area contributed by atoms with E-state index in [4.69, 9.17) is 4.42 Å². The van der Waals surface area contributed by atoms with E-state index in [0.29, 0.717) is 20.8 Å². The summed E-state index contributed by atoms with van der Waals surface area (Å²) in [5.41, 5.74) is 0.638. The number of aliphatic hydroxyl groups excluding tert-OH is 1. The van der Waals surface area contributed by atoms with Gasteiger partial charge in [0.15, 0.2) is 15.9 Å². The number of halogens is 1.